The Bertz CT molecular complexity index is 1250. The number of imidazole rings is 1. The third kappa shape index (κ3) is 4.87. The van der Waals surface area contributed by atoms with E-state index in [9.17, 15) is 5.11 Å². The van der Waals surface area contributed by atoms with E-state index < -0.39 is 6.10 Å². The van der Waals surface area contributed by atoms with Crippen LogP contribution >= 0.6 is 0 Å². The molecule has 1 aliphatic rings. The van der Waals surface area contributed by atoms with Gasteiger partial charge < -0.3 is 15.4 Å². The zero-order chi connectivity index (χ0) is 25.1. The number of aliphatic hydroxyl groups excluding tert-OH is 1. The van der Waals surface area contributed by atoms with Crippen LogP contribution in [-0.4, -0.2) is 52.2 Å². The van der Waals surface area contributed by atoms with Crippen LogP contribution in [0.15, 0.2) is 78.9 Å². The van der Waals surface area contributed by atoms with Crippen molar-refractivity contribution in [3.8, 4) is 11.4 Å². The molecule has 1 saturated heterocycles. The fourth-order valence-electron chi connectivity index (χ4n) is 5.64. The van der Waals surface area contributed by atoms with Crippen LogP contribution in [0.2, 0.25) is 0 Å². The van der Waals surface area contributed by atoms with Crippen LogP contribution in [0, 0.1) is 20.8 Å². The van der Waals surface area contributed by atoms with E-state index in [1.165, 1.54) is 22.3 Å². The smallest absolute Gasteiger partial charge is 0.137 e. The van der Waals surface area contributed by atoms with Gasteiger partial charge in [0.15, 0.2) is 0 Å². The van der Waals surface area contributed by atoms with E-state index in [4.69, 9.17) is 4.98 Å². The second kappa shape index (κ2) is 10.8. The number of nitrogens with zero attached hydrogens (tertiary/aromatic N) is 2. The lowest BCUT2D eigenvalue weighted by Crippen LogP contribution is -2.53. The molecule has 186 valence electrons. The zero-order valence-corrected chi connectivity index (χ0v) is 21.4. The van der Waals surface area contributed by atoms with Crippen LogP contribution in [0.1, 0.15) is 45.7 Å². The van der Waals surface area contributed by atoms with E-state index in [0.29, 0.717) is 0 Å². The molecule has 2 unspecified atom stereocenters. The SMILES string of the molecule is Cc1ccccc1C(c1ccccc1C)C(C(O)c1nc(-c2ccccc2)[nH]c1C)N1CCNCC1. The van der Waals surface area contributed by atoms with Gasteiger partial charge in [-0.1, -0.05) is 78.9 Å². The first-order chi connectivity index (χ1) is 17.5. The molecule has 0 radical (unpaired) electrons. The van der Waals surface area contributed by atoms with Gasteiger partial charge in [0.2, 0.25) is 0 Å². The Morgan fingerprint density at radius 2 is 1.33 bits per heavy atom. The monoisotopic (exact) mass is 480 g/mol. The maximum atomic E-state index is 12.2. The molecule has 0 aliphatic carbocycles. The van der Waals surface area contributed by atoms with Crippen LogP contribution in [0.5, 0.6) is 0 Å². The lowest BCUT2D eigenvalue weighted by molar-refractivity contribution is 0.0293. The van der Waals surface area contributed by atoms with Crippen molar-refractivity contribution in [1.29, 1.82) is 0 Å². The predicted molar refractivity (Wildman–Crippen MR) is 146 cm³/mol. The highest BCUT2D eigenvalue weighted by atomic mass is 16.3. The molecule has 0 spiro atoms. The zero-order valence-electron chi connectivity index (χ0n) is 21.4. The lowest BCUT2D eigenvalue weighted by atomic mass is 9.77. The maximum Gasteiger partial charge on any atom is 0.137 e. The van der Waals surface area contributed by atoms with Crippen molar-refractivity contribution in [3.63, 3.8) is 0 Å². The second-order valence-electron chi connectivity index (χ2n) is 9.87. The molecule has 2 heterocycles. The summed E-state index contributed by atoms with van der Waals surface area (Å²) in [7, 11) is 0. The summed E-state index contributed by atoms with van der Waals surface area (Å²) in [4.78, 5) is 10.9. The molecule has 5 nitrogen and oxygen atoms in total. The molecule has 0 bridgehead atoms. The summed E-state index contributed by atoms with van der Waals surface area (Å²) in [6.07, 6.45) is -0.763. The molecule has 1 fully saturated rings. The Hall–Kier alpha value is -3.25. The van der Waals surface area contributed by atoms with Crippen molar-refractivity contribution in [2.75, 3.05) is 26.2 Å². The molecule has 4 aromatic rings. The van der Waals surface area contributed by atoms with Crippen LogP contribution in [0.4, 0.5) is 0 Å². The van der Waals surface area contributed by atoms with Crippen molar-refractivity contribution in [3.05, 3.63) is 113 Å². The highest BCUT2D eigenvalue weighted by molar-refractivity contribution is 5.56. The van der Waals surface area contributed by atoms with Gasteiger partial charge in [-0.2, -0.15) is 0 Å². The van der Waals surface area contributed by atoms with E-state index in [0.717, 1.165) is 49.0 Å². The Kier molecular flexibility index (Phi) is 7.33. The summed E-state index contributed by atoms with van der Waals surface area (Å²) in [6, 6.07) is 27.2. The number of aryl methyl sites for hydroxylation is 3. The fourth-order valence-corrected chi connectivity index (χ4v) is 5.64. The van der Waals surface area contributed by atoms with Crippen molar-refractivity contribution in [2.24, 2.45) is 0 Å². The van der Waals surface area contributed by atoms with Gasteiger partial charge >= 0.3 is 0 Å². The molecule has 2 atom stereocenters. The highest BCUT2D eigenvalue weighted by Crippen LogP contribution is 2.40. The molecule has 1 aliphatic heterocycles. The minimum absolute atomic E-state index is 0.00299. The van der Waals surface area contributed by atoms with Gasteiger partial charge in [0, 0.05) is 43.4 Å². The average Bonchev–Trinajstić information content (AvgIpc) is 3.31. The van der Waals surface area contributed by atoms with Crippen LogP contribution in [-0.2, 0) is 0 Å². The number of aliphatic hydroxyl groups is 1. The van der Waals surface area contributed by atoms with E-state index in [1.807, 2.05) is 37.3 Å². The van der Waals surface area contributed by atoms with Crippen LogP contribution in [0.3, 0.4) is 0 Å². The highest BCUT2D eigenvalue weighted by Gasteiger charge is 2.39. The number of H-pyrrole nitrogens is 1. The van der Waals surface area contributed by atoms with Crippen LogP contribution < -0.4 is 5.32 Å². The van der Waals surface area contributed by atoms with E-state index in [2.05, 4.69) is 77.6 Å². The Balaban J connectivity index is 1.65. The quantitative estimate of drug-likeness (QED) is 0.343. The summed E-state index contributed by atoms with van der Waals surface area (Å²) in [5, 5.41) is 15.7. The first-order valence-corrected chi connectivity index (χ1v) is 12.9. The van der Waals surface area contributed by atoms with E-state index in [1.54, 1.807) is 0 Å². The standard InChI is InChI=1S/C31H36N4O/c1-21-11-7-9-15-25(21)27(26-16-10-8-12-22(26)2)29(35-19-17-32-18-20-35)30(36)28-23(3)33-31(34-28)24-13-5-4-6-14-24/h4-16,27,29-30,32,36H,17-20H2,1-3H3,(H,33,34). The molecule has 0 amide bonds. The fraction of sp³-hybridized carbons (Fsp3) is 0.323. The number of aromatic nitrogens is 2. The van der Waals surface area contributed by atoms with Crippen molar-refractivity contribution in [1.82, 2.24) is 20.2 Å². The molecule has 5 rings (SSSR count). The number of hydrogen-bond acceptors (Lipinski definition) is 4. The molecule has 1 aromatic heterocycles. The number of benzene rings is 3. The van der Waals surface area contributed by atoms with Gasteiger partial charge in [-0.15, -0.1) is 0 Å². The van der Waals surface area contributed by atoms with Gasteiger partial charge in [0.1, 0.15) is 11.9 Å². The van der Waals surface area contributed by atoms with Gasteiger partial charge in [-0.05, 0) is 43.0 Å². The number of piperazine rings is 1. The summed E-state index contributed by atoms with van der Waals surface area (Å²) in [5.41, 5.74) is 7.65. The molecule has 3 aromatic carbocycles. The van der Waals surface area contributed by atoms with Gasteiger partial charge in [-0.3, -0.25) is 4.90 Å². The first-order valence-electron chi connectivity index (χ1n) is 12.9. The minimum Gasteiger partial charge on any atom is -0.385 e. The Labute approximate surface area is 214 Å². The number of nitrogens with one attached hydrogen (secondary N) is 2. The summed E-state index contributed by atoms with van der Waals surface area (Å²) in [6.45, 7) is 9.95. The van der Waals surface area contributed by atoms with Gasteiger partial charge in [-0.25, -0.2) is 4.98 Å². The van der Waals surface area contributed by atoms with E-state index in [-0.39, 0.29) is 12.0 Å². The topological polar surface area (TPSA) is 64.2 Å². The summed E-state index contributed by atoms with van der Waals surface area (Å²) >= 11 is 0. The number of aromatic amines is 1. The molecular formula is C31H36N4O. The summed E-state index contributed by atoms with van der Waals surface area (Å²) in [5.74, 6) is 0.793. The predicted octanol–water partition coefficient (Wildman–Crippen LogP) is 5.14. The molecule has 3 N–H and O–H groups in total. The summed E-state index contributed by atoms with van der Waals surface area (Å²) < 4.78 is 0. The number of hydrogen-bond donors (Lipinski definition) is 3. The molecular weight excluding hydrogens is 444 g/mol. The number of rotatable bonds is 7. The van der Waals surface area contributed by atoms with Crippen molar-refractivity contribution < 1.29 is 5.11 Å². The first kappa shape index (κ1) is 24.4. The minimum atomic E-state index is -0.763. The van der Waals surface area contributed by atoms with Crippen molar-refractivity contribution in [2.45, 2.75) is 38.8 Å². The maximum absolute atomic E-state index is 12.2. The van der Waals surface area contributed by atoms with Crippen LogP contribution in [0.25, 0.3) is 11.4 Å². The van der Waals surface area contributed by atoms with Crippen molar-refractivity contribution >= 4 is 0 Å². The lowest BCUT2D eigenvalue weighted by Gasteiger charge is -2.42. The van der Waals surface area contributed by atoms with E-state index >= 15 is 0 Å². The third-order valence-electron chi connectivity index (χ3n) is 7.54. The normalized spacial score (nSPS) is 16.2. The molecule has 0 saturated carbocycles. The van der Waals surface area contributed by atoms with Gasteiger partial charge in [0.05, 0.1) is 11.7 Å². The van der Waals surface area contributed by atoms with Gasteiger partial charge in [0.25, 0.3) is 0 Å². The average molecular weight is 481 g/mol. The molecule has 5 heteroatoms. The second-order valence-corrected chi connectivity index (χ2v) is 9.87. The Morgan fingerprint density at radius 1 is 0.778 bits per heavy atom. The third-order valence-corrected chi connectivity index (χ3v) is 7.54. The largest absolute Gasteiger partial charge is 0.385 e. The molecule has 36 heavy (non-hydrogen) atoms. The Morgan fingerprint density at radius 3 is 1.92 bits per heavy atom.